The van der Waals surface area contributed by atoms with Crippen molar-refractivity contribution in [1.29, 1.82) is 0 Å². The van der Waals surface area contributed by atoms with Crippen molar-refractivity contribution in [3.63, 3.8) is 0 Å². The van der Waals surface area contributed by atoms with Gasteiger partial charge in [-0.05, 0) is 24.5 Å². The van der Waals surface area contributed by atoms with Crippen molar-refractivity contribution in [3.8, 4) is 5.75 Å². The molecule has 2 amide bonds. The van der Waals surface area contributed by atoms with E-state index in [4.69, 9.17) is 4.74 Å². The maximum Gasteiger partial charge on any atom is 0.271 e. The zero-order valence-electron chi connectivity index (χ0n) is 14.6. The standard InChI is InChI=1S/C18H22N4O4/c1-26-16-7-3-2-5-12(16)6-4-8-19-17(24)14-9-15-18(25)20-10-13(23)11-22(15)21-14/h2-3,5,7,9,13,23H,4,6,8,10-11H2,1H3,(H,19,24)(H,20,25). The predicted octanol–water partition coefficient (Wildman–Crippen LogP) is 0.359. The third kappa shape index (κ3) is 4.02. The van der Waals surface area contributed by atoms with Gasteiger partial charge in [-0.3, -0.25) is 14.3 Å². The van der Waals surface area contributed by atoms with Crippen LogP contribution < -0.4 is 15.4 Å². The molecule has 1 aliphatic heterocycles. The lowest BCUT2D eigenvalue weighted by Crippen LogP contribution is -2.30. The van der Waals surface area contributed by atoms with Crippen molar-refractivity contribution >= 4 is 11.8 Å². The Kier molecular flexibility index (Phi) is 5.52. The minimum Gasteiger partial charge on any atom is -0.496 e. The van der Waals surface area contributed by atoms with E-state index in [0.717, 1.165) is 24.2 Å². The molecule has 2 aromatic rings. The summed E-state index contributed by atoms with van der Waals surface area (Å²) in [6.07, 6.45) is 0.800. The number of aryl methyl sites for hydroxylation is 1. The Morgan fingerprint density at radius 3 is 3.08 bits per heavy atom. The number of carbonyl (C=O) groups is 2. The normalized spacial score (nSPS) is 16.4. The van der Waals surface area contributed by atoms with Crippen molar-refractivity contribution in [2.24, 2.45) is 0 Å². The van der Waals surface area contributed by atoms with Crippen LogP contribution in [0.2, 0.25) is 0 Å². The van der Waals surface area contributed by atoms with Gasteiger partial charge in [0.25, 0.3) is 11.8 Å². The molecule has 8 nitrogen and oxygen atoms in total. The van der Waals surface area contributed by atoms with Crippen LogP contribution in [-0.4, -0.2) is 53.0 Å². The van der Waals surface area contributed by atoms with Gasteiger partial charge in [0.1, 0.15) is 11.4 Å². The van der Waals surface area contributed by atoms with Gasteiger partial charge < -0.3 is 20.5 Å². The number of rotatable bonds is 6. The molecule has 1 aromatic heterocycles. The van der Waals surface area contributed by atoms with Crippen LogP contribution in [-0.2, 0) is 13.0 Å². The lowest BCUT2D eigenvalue weighted by molar-refractivity contribution is 0.0931. The summed E-state index contributed by atoms with van der Waals surface area (Å²) >= 11 is 0. The van der Waals surface area contributed by atoms with Crippen LogP contribution in [0.4, 0.5) is 0 Å². The van der Waals surface area contributed by atoms with E-state index in [1.54, 1.807) is 7.11 Å². The number of β-amino-alcohol motifs (C(OH)–C–C–N with tert-alkyl or cyclic N) is 1. The average molecular weight is 358 g/mol. The fourth-order valence-electron chi connectivity index (χ4n) is 2.90. The number of nitrogens with zero attached hydrogens (tertiary/aromatic N) is 2. The number of carbonyl (C=O) groups excluding carboxylic acids is 2. The summed E-state index contributed by atoms with van der Waals surface area (Å²) in [5, 5.41) is 19.3. The second-order valence-electron chi connectivity index (χ2n) is 6.13. The first-order valence-corrected chi connectivity index (χ1v) is 8.52. The van der Waals surface area contributed by atoms with Crippen LogP contribution in [0.3, 0.4) is 0 Å². The van der Waals surface area contributed by atoms with Crippen LogP contribution in [0.1, 0.15) is 33.0 Å². The van der Waals surface area contributed by atoms with E-state index in [2.05, 4.69) is 15.7 Å². The smallest absolute Gasteiger partial charge is 0.271 e. The fraction of sp³-hybridized carbons (Fsp3) is 0.389. The highest BCUT2D eigenvalue weighted by molar-refractivity contribution is 5.98. The number of hydrogen-bond donors (Lipinski definition) is 3. The molecule has 0 spiro atoms. The number of amides is 2. The molecular weight excluding hydrogens is 336 g/mol. The lowest BCUT2D eigenvalue weighted by atomic mass is 10.1. The molecule has 0 radical (unpaired) electrons. The summed E-state index contributed by atoms with van der Waals surface area (Å²) in [6, 6.07) is 9.22. The first-order chi connectivity index (χ1) is 12.6. The molecule has 0 fully saturated rings. The summed E-state index contributed by atoms with van der Waals surface area (Å²) < 4.78 is 6.68. The molecule has 2 heterocycles. The van der Waals surface area contributed by atoms with Crippen molar-refractivity contribution in [2.75, 3.05) is 20.2 Å². The van der Waals surface area contributed by atoms with Gasteiger partial charge in [-0.15, -0.1) is 0 Å². The van der Waals surface area contributed by atoms with E-state index in [1.807, 2.05) is 24.3 Å². The van der Waals surface area contributed by atoms with Crippen LogP contribution in [0.5, 0.6) is 5.75 Å². The quantitative estimate of drug-likeness (QED) is 0.647. The van der Waals surface area contributed by atoms with Gasteiger partial charge in [0.15, 0.2) is 5.69 Å². The topological polar surface area (TPSA) is 105 Å². The SMILES string of the molecule is COc1ccccc1CCCNC(=O)c1cc2n(n1)CC(O)CNC2=O. The Bertz CT molecular complexity index is 802. The number of para-hydroxylation sites is 1. The number of aromatic nitrogens is 2. The van der Waals surface area contributed by atoms with Gasteiger partial charge in [-0.2, -0.15) is 5.10 Å². The number of methoxy groups -OCH3 is 1. The minimum absolute atomic E-state index is 0.168. The molecule has 8 heteroatoms. The second kappa shape index (κ2) is 8.01. The molecule has 0 saturated carbocycles. The first kappa shape index (κ1) is 17.9. The zero-order chi connectivity index (χ0) is 18.5. The summed E-state index contributed by atoms with van der Waals surface area (Å²) in [6.45, 7) is 0.829. The maximum absolute atomic E-state index is 12.3. The molecule has 3 N–H and O–H groups in total. The number of hydrogen-bond acceptors (Lipinski definition) is 5. The van der Waals surface area contributed by atoms with E-state index in [-0.39, 0.29) is 36.3 Å². The number of aliphatic hydroxyl groups is 1. The molecule has 26 heavy (non-hydrogen) atoms. The van der Waals surface area contributed by atoms with Crippen LogP contribution in [0, 0.1) is 0 Å². The Hall–Kier alpha value is -2.87. The van der Waals surface area contributed by atoms with E-state index in [1.165, 1.54) is 10.7 Å². The van der Waals surface area contributed by atoms with Gasteiger partial charge >= 0.3 is 0 Å². The second-order valence-corrected chi connectivity index (χ2v) is 6.13. The lowest BCUT2D eigenvalue weighted by Gasteiger charge is -2.08. The molecule has 0 aliphatic carbocycles. The fourth-order valence-corrected chi connectivity index (χ4v) is 2.90. The molecule has 0 saturated heterocycles. The molecular formula is C18H22N4O4. The van der Waals surface area contributed by atoms with Crippen molar-refractivity contribution in [1.82, 2.24) is 20.4 Å². The summed E-state index contributed by atoms with van der Waals surface area (Å²) in [5.41, 5.74) is 1.53. The van der Waals surface area contributed by atoms with Gasteiger partial charge in [-0.25, -0.2) is 0 Å². The predicted molar refractivity (Wildman–Crippen MR) is 94.2 cm³/mol. The monoisotopic (exact) mass is 358 g/mol. The van der Waals surface area contributed by atoms with Gasteiger partial charge in [-0.1, -0.05) is 18.2 Å². The maximum atomic E-state index is 12.3. The van der Waals surface area contributed by atoms with Gasteiger partial charge in [0.2, 0.25) is 0 Å². The van der Waals surface area contributed by atoms with Crippen LogP contribution in [0.15, 0.2) is 30.3 Å². The highest BCUT2D eigenvalue weighted by Gasteiger charge is 2.24. The Balaban J connectivity index is 1.55. The number of ether oxygens (including phenoxy) is 1. The average Bonchev–Trinajstić information content (AvgIpc) is 3.02. The van der Waals surface area contributed by atoms with E-state index in [0.29, 0.717) is 6.54 Å². The third-order valence-electron chi connectivity index (χ3n) is 4.23. The summed E-state index contributed by atoms with van der Waals surface area (Å²) in [4.78, 5) is 24.2. The zero-order valence-corrected chi connectivity index (χ0v) is 14.6. The van der Waals surface area contributed by atoms with Crippen LogP contribution in [0.25, 0.3) is 0 Å². The van der Waals surface area contributed by atoms with E-state index < -0.39 is 6.10 Å². The van der Waals surface area contributed by atoms with Gasteiger partial charge in [0, 0.05) is 19.2 Å². The van der Waals surface area contributed by atoms with Crippen molar-refractivity contribution < 1.29 is 19.4 Å². The highest BCUT2D eigenvalue weighted by atomic mass is 16.5. The van der Waals surface area contributed by atoms with Crippen LogP contribution >= 0.6 is 0 Å². The van der Waals surface area contributed by atoms with Crippen molar-refractivity contribution in [3.05, 3.63) is 47.3 Å². The molecule has 1 aliphatic rings. The molecule has 0 bridgehead atoms. The van der Waals surface area contributed by atoms with Crippen molar-refractivity contribution in [2.45, 2.75) is 25.5 Å². The Morgan fingerprint density at radius 1 is 1.46 bits per heavy atom. The largest absolute Gasteiger partial charge is 0.496 e. The first-order valence-electron chi connectivity index (χ1n) is 8.52. The third-order valence-corrected chi connectivity index (χ3v) is 4.23. The molecule has 1 aromatic carbocycles. The number of fused-ring (bicyclic) bond motifs is 1. The minimum atomic E-state index is -0.725. The summed E-state index contributed by atoms with van der Waals surface area (Å²) in [7, 11) is 1.64. The number of benzene rings is 1. The summed E-state index contributed by atoms with van der Waals surface area (Å²) in [5.74, 6) is 0.151. The van der Waals surface area contributed by atoms with Gasteiger partial charge in [0.05, 0.1) is 19.8 Å². The Labute approximate surface area is 151 Å². The highest BCUT2D eigenvalue weighted by Crippen LogP contribution is 2.18. The Morgan fingerprint density at radius 2 is 2.27 bits per heavy atom. The van der Waals surface area contributed by atoms with E-state index >= 15 is 0 Å². The molecule has 138 valence electrons. The molecule has 1 unspecified atom stereocenters. The van der Waals surface area contributed by atoms with E-state index in [9.17, 15) is 14.7 Å². The number of aliphatic hydroxyl groups excluding tert-OH is 1. The molecule has 3 rings (SSSR count). The number of nitrogens with one attached hydrogen (secondary N) is 2. The molecule has 1 atom stereocenters.